The highest BCUT2D eigenvalue weighted by Crippen LogP contribution is 2.22. The molecule has 0 N–H and O–H groups in total. The SMILES string of the molecule is CCCCN(CCCC)C(C)(C)CCCC. The molecule has 0 aliphatic heterocycles. The lowest BCUT2D eigenvalue weighted by Gasteiger charge is -2.39. The summed E-state index contributed by atoms with van der Waals surface area (Å²) in [6, 6.07) is 0. The molecule has 0 aliphatic carbocycles. The summed E-state index contributed by atoms with van der Waals surface area (Å²) in [5, 5.41) is 0. The quantitative estimate of drug-likeness (QED) is 0.515. The Morgan fingerprint density at radius 1 is 0.750 bits per heavy atom. The Morgan fingerprint density at radius 3 is 1.56 bits per heavy atom. The van der Waals surface area contributed by atoms with Crippen molar-refractivity contribution in [2.24, 2.45) is 0 Å². The van der Waals surface area contributed by atoms with Crippen molar-refractivity contribution in [1.82, 2.24) is 4.90 Å². The van der Waals surface area contributed by atoms with Gasteiger partial charge in [-0.25, -0.2) is 0 Å². The minimum atomic E-state index is 0.403. The first kappa shape index (κ1) is 16.0. The van der Waals surface area contributed by atoms with E-state index in [1.807, 2.05) is 0 Å². The van der Waals surface area contributed by atoms with E-state index >= 15 is 0 Å². The van der Waals surface area contributed by atoms with Gasteiger partial charge in [0.25, 0.3) is 0 Å². The Labute approximate surface area is 104 Å². The van der Waals surface area contributed by atoms with Gasteiger partial charge in [0, 0.05) is 5.54 Å². The average Bonchev–Trinajstić information content (AvgIpc) is 2.26. The Balaban J connectivity index is 4.20. The number of unbranched alkanes of at least 4 members (excludes halogenated alkanes) is 3. The molecule has 0 radical (unpaired) electrons. The summed E-state index contributed by atoms with van der Waals surface area (Å²) >= 11 is 0. The maximum atomic E-state index is 2.72. The van der Waals surface area contributed by atoms with Crippen LogP contribution in [0.15, 0.2) is 0 Å². The van der Waals surface area contributed by atoms with Gasteiger partial charge in [0.2, 0.25) is 0 Å². The van der Waals surface area contributed by atoms with Gasteiger partial charge in [-0.1, -0.05) is 46.5 Å². The molecule has 0 aliphatic rings. The third-order valence-corrected chi connectivity index (χ3v) is 3.56. The van der Waals surface area contributed by atoms with E-state index in [2.05, 4.69) is 39.5 Å². The monoisotopic (exact) mass is 227 g/mol. The summed E-state index contributed by atoms with van der Waals surface area (Å²) in [7, 11) is 0. The van der Waals surface area contributed by atoms with E-state index in [9.17, 15) is 0 Å². The van der Waals surface area contributed by atoms with Gasteiger partial charge in [-0.3, -0.25) is 4.90 Å². The van der Waals surface area contributed by atoms with Crippen molar-refractivity contribution in [3.63, 3.8) is 0 Å². The van der Waals surface area contributed by atoms with Crippen LogP contribution in [0.2, 0.25) is 0 Å². The molecule has 0 spiro atoms. The number of nitrogens with zero attached hydrogens (tertiary/aromatic N) is 1. The smallest absolute Gasteiger partial charge is 0.0153 e. The van der Waals surface area contributed by atoms with Crippen LogP contribution in [-0.4, -0.2) is 23.5 Å². The molecule has 0 aromatic rings. The summed E-state index contributed by atoms with van der Waals surface area (Å²) in [6.07, 6.45) is 9.34. The third-order valence-electron chi connectivity index (χ3n) is 3.56. The normalized spacial score (nSPS) is 12.4. The summed E-state index contributed by atoms with van der Waals surface area (Å²) < 4.78 is 0. The van der Waals surface area contributed by atoms with Crippen molar-refractivity contribution in [1.29, 1.82) is 0 Å². The second kappa shape index (κ2) is 9.04. The molecule has 0 aromatic carbocycles. The second-order valence-corrected chi connectivity index (χ2v) is 5.61. The molecule has 0 aromatic heterocycles. The van der Waals surface area contributed by atoms with Crippen molar-refractivity contribution in [2.75, 3.05) is 13.1 Å². The third kappa shape index (κ3) is 6.52. The Morgan fingerprint density at radius 2 is 1.19 bits per heavy atom. The molecule has 1 heteroatoms. The molecular weight excluding hydrogens is 194 g/mol. The zero-order valence-corrected chi connectivity index (χ0v) is 12.3. The molecule has 1 nitrogen and oxygen atoms in total. The molecule has 0 rings (SSSR count). The van der Waals surface area contributed by atoms with Gasteiger partial charge in [-0.2, -0.15) is 0 Å². The standard InChI is InChI=1S/C15H33N/c1-6-9-12-15(4,5)16(13-10-7-2)14-11-8-3/h6-14H2,1-5H3. The summed E-state index contributed by atoms with van der Waals surface area (Å²) in [5.41, 5.74) is 0.403. The molecule has 0 atom stereocenters. The van der Waals surface area contributed by atoms with Gasteiger partial charge in [-0.15, -0.1) is 0 Å². The van der Waals surface area contributed by atoms with Gasteiger partial charge in [0.05, 0.1) is 0 Å². The Kier molecular flexibility index (Phi) is 9.02. The van der Waals surface area contributed by atoms with Crippen molar-refractivity contribution in [2.45, 2.75) is 85.1 Å². The lowest BCUT2D eigenvalue weighted by molar-refractivity contribution is 0.105. The molecule has 0 fully saturated rings. The van der Waals surface area contributed by atoms with E-state index in [0.717, 1.165) is 0 Å². The van der Waals surface area contributed by atoms with Crippen LogP contribution in [0, 0.1) is 0 Å². The molecule has 0 saturated heterocycles. The maximum Gasteiger partial charge on any atom is 0.0153 e. The lowest BCUT2D eigenvalue weighted by Crippen LogP contribution is -2.45. The van der Waals surface area contributed by atoms with Crippen LogP contribution in [0.3, 0.4) is 0 Å². The summed E-state index contributed by atoms with van der Waals surface area (Å²) in [4.78, 5) is 2.72. The van der Waals surface area contributed by atoms with Gasteiger partial charge < -0.3 is 0 Å². The highest BCUT2D eigenvalue weighted by molar-refractivity contribution is 4.81. The first-order valence-corrected chi connectivity index (χ1v) is 7.33. The summed E-state index contributed by atoms with van der Waals surface area (Å²) in [5.74, 6) is 0. The molecular formula is C15H33N. The van der Waals surface area contributed by atoms with E-state index in [4.69, 9.17) is 0 Å². The lowest BCUT2D eigenvalue weighted by atomic mass is 9.94. The first-order valence-electron chi connectivity index (χ1n) is 7.33. The van der Waals surface area contributed by atoms with E-state index in [1.165, 1.54) is 58.0 Å². The van der Waals surface area contributed by atoms with E-state index in [1.54, 1.807) is 0 Å². The molecule has 0 bridgehead atoms. The van der Waals surface area contributed by atoms with E-state index < -0.39 is 0 Å². The first-order chi connectivity index (χ1) is 7.58. The van der Waals surface area contributed by atoms with Crippen LogP contribution in [0.1, 0.15) is 79.6 Å². The van der Waals surface area contributed by atoms with Crippen LogP contribution in [0.25, 0.3) is 0 Å². The van der Waals surface area contributed by atoms with Gasteiger partial charge >= 0.3 is 0 Å². The topological polar surface area (TPSA) is 3.24 Å². The predicted molar refractivity (Wildman–Crippen MR) is 75.0 cm³/mol. The molecule has 0 heterocycles. The zero-order valence-electron chi connectivity index (χ0n) is 12.3. The van der Waals surface area contributed by atoms with Crippen LogP contribution >= 0.6 is 0 Å². The Bertz CT molecular complexity index is 144. The van der Waals surface area contributed by atoms with Gasteiger partial charge in [0.15, 0.2) is 0 Å². The van der Waals surface area contributed by atoms with Crippen LogP contribution < -0.4 is 0 Å². The van der Waals surface area contributed by atoms with Gasteiger partial charge in [0.1, 0.15) is 0 Å². The minimum absolute atomic E-state index is 0.403. The maximum absolute atomic E-state index is 2.72. The van der Waals surface area contributed by atoms with Crippen LogP contribution in [0.4, 0.5) is 0 Å². The molecule has 16 heavy (non-hydrogen) atoms. The summed E-state index contributed by atoms with van der Waals surface area (Å²) in [6.45, 7) is 14.3. The molecule has 0 saturated carbocycles. The Hall–Kier alpha value is -0.0400. The van der Waals surface area contributed by atoms with Crippen molar-refractivity contribution in [3.8, 4) is 0 Å². The fourth-order valence-electron chi connectivity index (χ4n) is 2.18. The fourth-order valence-corrected chi connectivity index (χ4v) is 2.18. The highest BCUT2D eigenvalue weighted by atomic mass is 15.2. The fraction of sp³-hybridized carbons (Fsp3) is 1.00. The minimum Gasteiger partial charge on any atom is -0.298 e. The number of hydrogen-bond donors (Lipinski definition) is 0. The number of hydrogen-bond acceptors (Lipinski definition) is 1. The van der Waals surface area contributed by atoms with Gasteiger partial charge in [-0.05, 0) is 46.2 Å². The van der Waals surface area contributed by atoms with E-state index in [-0.39, 0.29) is 0 Å². The molecule has 0 unspecified atom stereocenters. The predicted octanol–water partition coefficient (Wildman–Crippen LogP) is 4.86. The van der Waals surface area contributed by atoms with Crippen LogP contribution in [0.5, 0.6) is 0 Å². The number of rotatable bonds is 10. The van der Waals surface area contributed by atoms with Crippen molar-refractivity contribution in [3.05, 3.63) is 0 Å². The van der Waals surface area contributed by atoms with E-state index in [0.29, 0.717) is 5.54 Å². The van der Waals surface area contributed by atoms with Crippen molar-refractivity contribution < 1.29 is 0 Å². The average molecular weight is 227 g/mol. The largest absolute Gasteiger partial charge is 0.298 e. The van der Waals surface area contributed by atoms with Crippen molar-refractivity contribution >= 4 is 0 Å². The second-order valence-electron chi connectivity index (χ2n) is 5.61. The molecule has 98 valence electrons. The highest BCUT2D eigenvalue weighted by Gasteiger charge is 2.24. The van der Waals surface area contributed by atoms with Crippen LogP contribution in [-0.2, 0) is 0 Å². The molecule has 0 amide bonds. The zero-order chi connectivity index (χ0) is 12.4.